The normalized spacial score (nSPS) is 14.2. The number of hydrogen-bond donors (Lipinski definition) is 0. The second-order valence-corrected chi connectivity index (χ2v) is 26.4. The van der Waals surface area contributed by atoms with E-state index in [9.17, 15) is 0 Å². The molecule has 430 valence electrons. The molecule has 0 bridgehead atoms. The minimum absolute atomic E-state index is 0.163. The highest BCUT2D eigenvalue weighted by molar-refractivity contribution is 5.91. The number of anilines is 6. The van der Waals surface area contributed by atoms with Gasteiger partial charge in [0.25, 0.3) is 0 Å². The van der Waals surface area contributed by atoms with Crippen LogP contribution in [0.25, 0.3) is 79.9 Å². The minimum Gasteiger partial charge on any atom is -0.310 e. The van der Waals surface area contributed by atoms with E-state index in [0.717, 1.165) is 34.1 Å². The molecule has 3 aliphatic carbocycles. The van der Waals surface area contributed by atoms with Crippen molar-refractivity contribution in [2.24, 2.45) is 0 Å². The van der Waals surface area contributed by atoms with Gasteiger partial charge in [-0.15, -0.1) is 0 Å². The van der Waals surface area contributed by atoms with Crippen LogP contribution in [-0.4, -0.2) is 0 Å². The van der Waals surface area contributed by atoms with Crippen molar-refractivity contribution in [2.45, 2.75) is 71.6 Å². The first kappa shape index (κ1) is 55.3. The van der Waals surface area contributed by atoms with Crippen LogP contribution in [0.3, 0.4) is 0 Å². The number of fused-ring (bicyclic) bond motifs is 9. The van der Waals surface area contributed by atoms with Crippen LogP contribution >= 0.6 is 0 Å². The van der Waals surface area contributed by atoms with Crippen LogP contribution in [0.4, 0.5) is 34.1 Å². The van der Waals surface area contributed by atoms with E-state index in [4.69, 9.17) is 0 Å². The second-order valence-electron chi connectivity index (χ2n) is 26.4. The molecule has 0 aromatic heterocycles. The molecule has 0 heterocycles. The predicted molar refractivity (Wildman–Crippen MR) is 380 cm³/mol. The van der Waals surface area contributed by atoms with Gasteiger partial charge in [-0.1, -0.05) is 260 Å². The van der Waals surface area contributed by atoms with Gasteiger partial charge in [0.2, 0.25) is 0 Å². The first-order valence-corrected chi connectivity index (χ1v) is 31.4. The summed E-state index contributed by atoms with van der Waals surface area (Å²) in [4.78, 5) is 4.81. The zero-order valence-corrected chi connectivity index (χ0v) is 52.1. The van der Waals surface area contributed by atoms with E-state index in [1.807, 2.05) is 0 Å². The molecular formula is C87H72N2. The smallest absolute Gasteiger partial charge is 0.0465 e. The molecule has 89 heavy (non-hydrogen) atoms. The van der Waals surface area contributed by atoms with Crippen LogP contribution in [0.5, 0.6) is 0 Å². The number of rotatable bonds is 12. The van der Waals surface area contributed by atoms with Gasteiger partial charge < -0.3 is 9.80 Å². The lowest BCUT2D eigenvalue weighted by Gasteiger charge is -2.28. The fraction of sp³-hybridized carbons (Fsp3) is 0.126. The van der Waals surface area contributed by atoms with Crippen LogP contribution in [0.1, 0.15) is 108 Å². The van der Waals surface area contributed by atoms with Crippen molar-refractivity contribution in [3.8, 4) is 55.6 Å². The van der Waals surface area contributed by atoms with E-state index >= 15 is 0 Å². The third-order valence-corrected chi connectivity index (χ3v) is 19.5. The molecule has 3 aliphatic rings. The summed E-state index contributed by atoms with van der Waals surface area (Å²) in [6.07, 6.45) is 9.19. The summed E-state index contributed by atoms with van der Waals surface area (Å²) in [5.74, 6) is 0. The summed E-state index contributed by atoms with van der Waals surface area (Å²) in [5.41, 5.74) is 34.5. The van der Waals surface area contributed by atoms with Gasteiger partial charge in [-0.2, -0.15) is 0 Å². The molecule has 0 aliphatic heterocycles. The first-order chi connectivity index (χ1) is 43.1. The summed E-state index contributed by atoms with van der Waals surface area (Å²) in [6, 6.07) is 99.2. The number of aryl methyl sites for hydroxylation is 2. The molecule has 0 saturated carbocycles. The molecule has 2 heteroatoms. The summed E-state index contributed by atoms with van der Waals surface area (Å²) in [5, 5.41) is 0. The fourth-order valence-electron chi connectivity index (χ4n) is 14.6. The Bertz CT molecular complexity index is 4500. The van der Waals surface area contributed by atoms with Gasteiger partial charge in [0, 0.05) is 50.4 Å². The predicted octanol–water partition coefficient (Wildman–Crippen LogP) is 23.8. The largest absolute Gasteiger partial charge is 0.310 e. The highest BCUT2D eigenvalue weighted by Crippen LogP contribution is 2.54. The van der Waals surface area contributed by atoms with Gasteiger partial charge in [-0.3, -0.25) is 0 Å². The maximum Gasteiger partial charge on any atom is 0.0465 e. The Balaban J connectivity index is 0.656. The SMILES string of the molecule is Cc1cccc(N(c2ccc(-c3ccccc3)cc2)c2ccc3c(c2)C(C)(C)c2cc(C=Cc4ccc5c(c4)C(C)(C)c4cc(C=Cc6ccc7c(c6)C(C)(C)c6cc(N(c8ccc(-c9ccccc9)cc8)c8cccc(C)c8)ccc6-7)ccc4-5)ccc2-3)c1. The van der Waals surface area contributed by atoms with Gasteiger partial charge >= 0.3 is 0 Å². The Morgan fingerprint density at radius 3 is 0.787 bits per heavy atom. The van der Waals surface area contributed by atoms with Gasteiger partial charge in [0.05, 0.1) is 0 Å². The van der Waals surface area contributed by atoms with E-state index in [1.165, 1.54) is 122 Å². The monoisotopic (exact) mass is 1140 g/mol. The molecule has 0 N–H and O–H groups in total. The molecule has 0 fully saturated rings. The molecule has 15 rings (SSSR count). The third kappa shape index (κ3) is 9.76. The van der Waals surface area contributed by atoms with Crippen molar-refractivity contribution in [1.29, 1.82) is 0 Å². The molecule has 0 amide bonds. The van der Waals surface area contributed by atoms with Crippen LogP contribution < -0.4 is 9.80 Å². The average molecular weight is 1150 g/mol. The van der Waals surface area contributed by atoms with E-state index in [2.05, 4.69) is 356 Å². The number of benzene rings is 12. The van der Waals surface area contributed by atoms with Gasteiger partial charge in [0.1, 0.15) is 0 Å². The minimum atomic E-state index is -0.197. The highest BCUT2D eigenvalue weighted by atomic mass is 15.1. The van der Waals surface area contributed by atoms with E-state index in [1.54, 1.807) is 0 Å². The topological polar surface area (TPSA) is 6.48 Å². The molecule has 0 unspecified atom stereocenters. The third-order valence-electron chi connectivity index (χ3n) is 19.5. The van der Waals surface area contributed by atoms with Crippen molar-refractivity contribution >= 4 is 58.4 Å². The molecule has 12 aromatic carbocycles. The van der Waals surface area contributed by atoms with Crippen LogP contribution in [0.2, 0.25) is 0 Å². The molecule has 0 radical (unpaired) electrons. The summed E-state index contributed by atoms with van der Waals surface area (Å²) >= 11 is 0. The van der Waals surface area contributed by atoms with E-state index in [0.29, 0.717) is 0 Å². The van der Waals surface area contributed by atoms with Crippen LogP contribution in [-0.2, 0) is 16.2 Å². The van der Waals surface area contributed by atoms with Crippen molar-refractivity contribution in [3.63, 3.8) is 0 Å². The second kappa shape index (κ2) is 21.5. The van der Waals surface area contributed by atoms with Gasteiger partial charge in [-0.05, 0) is 209 Å². The average Bonchev–Trinajstić information content (AvgIpc) is 1.78. The molecule has 0 atom stereocenters. The van der Waals surface area contributed by atoms with Gasteiger partial charge in [0.15, 0.2) is 0 Å². The van der Waals surface area contributed by atoms with Crippen molar-refractivity contribution in [2.75, 3.05) is 9.80 Å². The number of hydrogen-bond acceptors (Lipinski definition) is 2. The van der Waals surface area contributed by atoms with Crippen molar-refractivity contribution in [3.05, 3.63) is 334 Å². The summed E-state index contributed by atoms with van der Waals surface area (Å²) in [6.45, 7) is 18.7. The number of nitrogens with zero attached hydrogens (tertiary/aromatic N) is 2. The first-order valence-electron chi connectivity index (χ1n) is 31.4. The lowest BCUT2D eigenvalue weighted by Crippen LogP contribution is -2.16. The Morgan fingerprint density at radius 2 is 0.483 bits per heavy atom. The Morgan fingerprint density at radius 1 is 0.225 bits per heavy atom. The Kier molecular flexibility index (Phi) is 13.4. The quantitative estimate of drug-likeness (QED) is 0.113. The van der Waals surface area contributed by atoms with E-state index < -0.39 is 0 Å². The Hall–Kier alpha value is -10.3. The van der Waals surface area contributed by atoms with Crippen LogP contribution in [0, 0.1) is 13.8 Å². The molecule has 2 nitrogen and oxygen atoms in total. The van der Waals surface area contributed by atoms with Crippen LogP contribution in [0.15, 0.2) is 267 Å². The van der Waals surface area contributed by atoms with E-state index in [-0.39, 0.29) is 16.2 Å². The molecule has 0 saturated heterocycles. The molecular weight excluding hydrogens is 1070 g/mol. The standard InChI is InChI=1S/C87H72N2/c1-57-17-15-23-69(49-57)88(67-37-33-65(34-38-67)63-19-11-9-12-20-63)71-41-47-77-75-45-31-61(53-81(75)86(5,6)83(77)55-71)27-25-59-29-43-73-74-44-30-60(52-80(74)85(3,4)79(73)51-59)26-28-62-32-46-76-78-48-42-72(56-84(78)87(7,8)82(76)54-62)89(70-24-16-18-58(2)50-70)68-39-35-66(36-40-68)64-21-13-10-14-22-64/h9-56H,1-8H3. The zero-order chi connectivity index (χ0) is 60.8. The maximum absolute atomic E-state index is 2.43. The fourth-order valence-corrected chi connectivity index (χ4v) is 14.6. The maximum atomic E-state index is 2.43. The Labute approximate surface area is 526 Å². The molecule has 12 aromatic rings. The summed E-state index contributed by atoms with van der Waals surface area (Å²) in [7, 11) is 0. The highest BCUT2D eigenvalue weighted by Gasteiger charge is 2.39. The van der Waals surface area contributed by atoms with Gasteiger partial charge in [-0.25, -0.2) is 0 Å². The summed E-state index contributed by atoms with van der Waals surface area (Å²) < 4.78 is 0. The van der Waals surface area contributed by atoms with Crippen molar-refractivity contribution in [1.82, 2.24) is 0 Å². The lowest BCUT2D eigenvalue weighted by molar-refractivity contribution is 0.660. The lowest BCUT2D eigenvalue weighted by atomic mass is 9.81. The van der Waals surface area contributed by atoms with Crippen molar-refractivity contribution < 1.29 is 0 Å². The molecule has 0 spiro atoms. The zero-order valence-electron chi connectivity index (χ0n) is 52.1.